The number of rotatable bonds is 5. The van der Waals surface area contributed by atoms with Gasteiger partial charge in [0.2, 0.25) is 0 Å². The summed E-state index contributed by atoms with van der Waals surface area (Å²) in [6, 6.07) is 5.16. The summed E-state index contributed by atoms with van der Waals surface area (Å²) in [6.07, 6.45) is 3.50. The molecule has 1 aromatic carbocycles. The van der Waals surface area contributed by atoms with Gasteiger partial charge in [0.1, 0.15) is 5.75 Å². The number of benzene rings is 1. The van der Waals surface area contributed by atoms with E-state index in [1.54, 1.807) is 25.1 Å². The fourth-order valence-corrected chi connectivity index (χ4v) is 2.05. The van der Waals surface area contributed by atoms with Crippen LogP contribution in [-0.4, -0.2) is 27.8 Å². The van der Waals surface area contributed by atoms with Crippen LogP contribution in [0.15, 0.2) is 24.4 Å². The van der Waals surface area contributed by atoms with Crippen molar-refractivity contribution in [3.8, 4) is 5.75 Å². The molecular weight excluding hydrogens is 254 g/mol. The van der Waals surface area contributed by atoms with E-state index in [4.69, 9.17) is 0 Å². The van der Waals surface area contributed by atoms with Gasteiger partial charge in [-0.15, -0.1) is 0 Å². The normalized spacial score (nSPS) is 10.5. The van der Waals surface area contributed by atoms with E-state index in [2.05, 4.69) is 15.5 Å². The van der Waals surface area contributed by atoms with Gasteiger partial charge in [-0.3, -0.25) is 9.89 Å². The van der Waals surface area contributed by atoms with Crippen molar-refractivity contribution in [2.75, 3.05) is 6.54 Å². The third-order valence-corrected chi connectivity index (χ3v) is 3.33. The maximum atomic E-state index is 12.0. The number of aromatic nitrogens is 2. The molecule has 0 aliphatic carbocycles. The number of phenolic OH excluding ortho intramolecular Hbond substituents is 1. The SMILES string of the molecule is Cc1cccc(C(=O)NCCCc2cn[nH]c2C)c1O. The number of hydrogen-bond acceptors (Lipinski definition) is 3. The third kappa shape index (κ3) is 3.17. The van der Waals surface area contributed by atoms with Gasteiger partial charge in [-0.25, -0.2) is 0 Å². The first-order valence-corrected chi connectivity index (χ1v) is 6.65. The zero-order chi connectivity index (χ0) is 14.5. The highest BCUT2D eigenvalue weighted by Crippen LogP contribution is 2.21. The molecule has 0 bridgehead atoms. The monoisotopic (exact) mass is 273 g/mol. The summed E-state index contributed by atoms with van der Waals surface area (Å²) in [5, 5.41) is 19.5. The Morgan fingerprint density at radius 1 is 1.40 bits per heavy atom. The second-order valence-electron chi connectivity index (χ2n) is 4.85. The number of nitrogens with zero attached hydrogens (tertiary/aromatic N) is 1. The van der Waals surface area contributed by atoms with E-state index in [1.165, 1.54) is 0 Å². The number of para-hydroxylation sites is 1. The molecule has 0 atom stereocenters. The molecule has 2 rings (SSSR count). The molecule has 2 aromatic rings. The van der Waals surface area contributed by atoms with Crippen LogP contribution in [0.25, 0.3) is 0 Å². The first-order valence-electron chi connectivity index (χ1n) is 6.65. The number of phenols is 1. The van der Waals surface area contributed by atoms with Gasteiger partial charge in [0.25, 0.3) is 5.91 Å². The molecule has 106 valence electrons. The second kappa shape index (κ2) is 6.23. The summed E-state index contributed by atoms with van der Waals surface area (Å²) in [6.45, 7) is 4.32. The van der Waals surface area contributed by atoms with Gasteiger partial charge in [-0.2, -0.15) is 5.10 Å². The van der Waals surface area contributed by atoms with E-state index in [1.807, 2.05) is 13.1 Å². The van der Waals surface area contributed by atoms with Gasteiger partial charge >= 0.3 is 0 Å². The van der Waals surface area contributed by atoms with Crippen molar-refractivity contribution in [1.82, 2.24) is 15.5 Å². The van der Waals surface area contributed by atoms with Crippen LogP contribution < -0.4 is 5.32 Å². The van der Waals surface area contributed by atoms with Crippen LogP contribution in [0.3, 0.4) is 0 Å². The van der Waals surface area contributed by atoms with Crippen LogP contribution in [-0.2, 0) is 6.42 Å². The number of hydrogen-bond donors (Lipinski definition) is 3. The molecule has 20 heavy (non-hydrogen) atoms. The lowest BCUT2D eigenvalue weighted by atomic mass is 10.1. The Kier molecular flexibility index (Phi) is 4.40. The maximum absolute atomic E-state index is 12.0. The zero-order valence-electron chi connectivity index (χ0n) is 11.7. The molecule has 1 heterocycles. The number of aromatic hydroxyl groups is 1. The van der Waals surface area contributed by atoms with Crippen molar-refractivity contribution in [3.05, 3.63) is 46.8 Å². The highest BCUT2D eigenvalue weighted by Gasteiger charge is 2.11. The number of amides is 1. The summed E-state index contributed by atoms with van der Waals surface area (Å²) in [5.74, 6) is -0.189. The molecule has 5 nitrogen and oxygen atoms in total. The number of carbonyl (C=O) groups excluding carboxylic acids is 1. The Morgan fingerprint density at radius 2 is 2.20 bits per heavy atom. The number of aryl methyl sites for hydroxylation is 3. The average Bonchev–Trinajstić information content (AvgIpc) is 2.83. The van der Waals surface area contributed by atoms with Crippen LogP contribution in [0, 0.1) is 13.8 Å². The molecule has 0 radical (unpaired) electrons. The van der Waals surface area contributed by atoms with E-state index >= 15 is 0 Å². The Bertz CT molecular complexity index is 605. The van der Waals surface area contributed by atoms with Crippen LogP contribution in [0.5, 0.6) is 5.75 Å². The molecule has 0 fully saturated rings. The van der Waals surface area contributed by atoms with E-state index < -0.39 is 0 Å². The fraction of sp³-hybridized carbons (Fsp3) is 0.333. The standard InChI is InChI=1S/C15H19N3O2/c1-10-5-3-7-13(14(10)19)15(20)16-8-4-6-12-9-17-18-11(12)2/h3,5,7,9,19H,4,6,8H2,1-2H3,(H,16,20)(H,17,18). The summed E-state index contributed by atoms with van der Waals surface area (Å²) < 4.78 is 0. The molecule has 0 unspecified atom stereocenters. The topological polar surface area (TPSA) is 78.0 Å². The van der Waals surface area contributed by atoms with Crippen molar-refractivity contribution < 1.29 is 9.90 Å². The number of carbonyl (C=O) groups is 1. The number of nitrogens with one attached hydrogen (secondary N) is 2. The van der Waals surface area contributed by atoms with E-state index in [0.29, 0.717) is 17.7 Å². The molecule has 0 spiro atoms. The lowest BCUT2D eigenvalue weighted by Crippen LogP contribution is -2.25. The van der Waals surface area contributed by atoms with Gasteiger partial charge in [0.05, 0.1) is 11.8 Å². The first-order chi connectivity index (χ1) is 9.59. The Labute approximate surface area is 118 Å². The summed E-state index contributed by atoms with van der Waals surface area (Å²) in [4.78, 5) is 12.0. The largest absolute Gasteiger partial charge is 0.507 e. The zero-order valence-corrected chi connectivity index (χ0v) is 11.7. The van der Waals surface area contributed by atoms with Crippen LogP contribution in [0.2, 0.25) is 0 Å². The quantitative estimate of drug-likeness (QED) is 0.730. The molecule has 5 heteroatoms. The Hall–Kier alpha value is -2.30. The van der Waals surface area contributed by atoms with Crippen molar-refractivity contribution in [1.29, 1.82) is 0 Å². The van der Waals surface area contributed by atoms with Gasteiger partial charge < -0.3 is 10.4 Å². The van der Waals surface area contributed by atoms with Gasteiger partial charge in [0.15, 0.2) is 0 Å². The van der Waals surface area contributed by atoms with Gasteiger partial charge in [-0.05, 0) is 43.9 Å². The first kappa shape index (κ1) is 14.1. The summed E-state index contributed by atoms with van der Waals surface area (Å²) >= 11 is 0. The van der Waals surface area contributed by atoms with Crippen LogP contribution >= 0.6 is 0 Å². The Balaban J connectivity index is 1.84. The predicted molar refractivity (Wildman–Crippen MR) is 76.8 cm³/mol. The van der Waals surface area contributed by atoms with E-state index in [-0.39, 0.29) is 11.7 Å². The van der Waals surface area contributed by atoms with Crippen LogP contribution in [0.1, 0.15) is 33.6 Å². The molecule has 0 saturated carbocycles. The third-order valence-electron chi connectivity index (χ3n) is 3.33. The second-order valence-corrected chi connectivity index (χ2v) is 4.85. The maximum Gasteiger partial charge on any atom is 0.255 e. The fourth-order valence-electron chi connectivity index (χ4n) is 2.05. The molecular formula is C15H19N3O2. The van der Waals surface area contributed by atoms with Crippen molar-refractivity contribution >= 4 is 5.91 Å². The van der Waals surface area contributed by atoms with Crippen molar-refractivity contribution in [2.45, 2.75) is 26.7 Å². The van der Waals surface area contributed by atoms with Crippen molar-refractivity contribution in [2.24, 2.45) is 0 Å². The van der Waals surface area contributed by atoms with E-state index in [9.17, 15) is 9.90 Å². The number of H-pyrrole nitrogens is 1. The lowest BCUT2D eigenvalue weighted by molar-refractivity contribution is 0.0950. The molecule has 1 amide bonds. The molecule has 1 aromatic heterocycles. The van der Waals surface area contributed by atoms with E-state index in [0.717, 1.165) is 24.1 Å². The Morgan fingerprint density at radius 3 is 2.90 bits per heavy atom. The highest BCUT2D eigenvalue weighted by molar-refractivity contribution is 5.97. The minimum absolute atomic E-state index is 0.0516. The van der Waals surface area contributed by atoms with Gasteiger partial charge in [0, 0.05) is 12.2 Å². The minimum atomic E-state index is -0.241. The smallest absolute Gasteiger partial charge is 0.255 e. The summed E-state index contributed by atoms with van der Waals surface area (Å²) in [5.41, 5.74) is 3.25. The average molecular weight is 273 g/mol. The summed E-state index contributed by atoms with van der Waals surface area (Å²) in [7, 11) is 0. The molecule has 0 aliphatic rings. The minimum Gasteiger partial charge on any atom is -0.507 e. The number of aromatic amines is 1. The lowest BCUT2D eigenvalue weighted by Gasteiger charge is -2.08. The van der Waals surface area contributed by atoms with Gasteiger partial charge in [-0.1, -0.05) is 12.1 Å². The molecule has 0 aliphatic heterocycles. The predicted octanol–water partition coefficient (Wildman–Crippen LogP) is 2.09. The highest BCUT2D eigenvalue weighted by atomic mass is 16.3. The van der Waals surface area contributed by atoms with Crippen molar-refractivity contribution in [3.63, 3.8) is 0 Å². The molecule has 3 N–H and O–H groups in total. The molecule has 0 saturated heterocycles. The van der Waals surface area contributed by atoms with Crippen LogP contribution in [0.4, 0.5) is 0 Å².